The highest BCUT2D eigenvalue weighted by molar-refractivity contribution is 14.1. The van der Waals surface area contributed by atoms with Crippen LogP contribution in [-0.4, -0.2) is 9.91 Å². The van der Waals surface area contributed by atoms with E-state index in [1.54, 1.807) is 0 Å². The minimum absolute atomic E-state index is 0.0768. The highest BCUT2D eigenvalue weighted by Crippen LogP contribution is 2.34. The molecule has 0 saturated carbocycles. The van der Waals surface area contributed by atoms with Crippen LogP contribution in [-0.2, 0) is 0 Å². The van der Waals surface area contributed by atoms with Crippen molar-refractivity contribution in [3.05, 3.63) is 30.6 Å². The summed E-state index contributed by atoms with van der Waals surface area (Å²) in [4.78, 5) is 13.0. The molecule has 0 fully saturated rings. The maximum Gasteiger partial charge on any atom is 0.296 e. The van der Waals surface area contributed by atoms with E-state index in [1.165, 1.54) is 22.6 Å². The van der Waals surface area contributed by atoms with Crippen molar-refractivity contribution in [3.63, 3.8) is 0 Å². The first-order valence-corrected chi connectivity index (χ1v) is 4.67. The Kier molecular flexibility index (Phi) is 3.53. The van der Waals surface area contributed by atoms with Crippen molar-refractivity contribution in [2.75, 3.05) is 0 Å². The normalized spacial score (nSPS) is 10.6. The molecular weight excluding hydrogens is 332 g/mol. The second kappa shape index (κ2) is 4.30. The van der Waals surface area contributed by atoms with Gasteiger partial charge in [0.2, 0.25) is 0 Å². The molecule has 0 aliphatic rings. The predicted molar refractivity (Wildman–Crippen MR) is 53.6 cm³/mol. The van der Waals surface area contributed by atoms with Crippen LogP contribution in [0.25, 0.3) is 0 Å². The zero-order valence-corrected chi connectivity index (χ0v) is 9.29. The van der Waals surface area contributed by atoms with E-state index in [2.05, 4.69) is 4.98 Å². The highest BCUT2D eigenvalue weighted by Gasteiger charge is 2.27. The summed E-state index contributed by atoms with van der Waals surface area (Å²) in [5.74, 6) is 0. The van der Waals surface area contributed by atoms with E-state index >= 15 is 0 Å². The van der Waals surface area contributed by atoms with Crippen molar-refractivity contribution in [2.24, 2.45) is 0 Å². The summed E-state index contributed by atoms with van der Waals surface area (Å²) in [6, 6.07) is 0. The van der Waals surface area contributed by atoms with Crippen LogP contribution in [0.15, 0.2) is 6.20 Å². The molecule has 0 saturated heterocycles. The number of hydrogen-bond donors (Lipinski definition) is 0. The minimum Gasteiger partial charge on any atom is -0.258 e. The van der Waals surface area contributed by atoms with Gasteiger partial charge in [-0.3, -0.25) is 10.1 Å². The lowest BCUT2D eigenvalue weighted by atomic mass is 10.2. The van der Waals surface area contributed by atoms with Gasteiger partial charge in [0, 0.05) is 6.20 Å². The molecule has 0 bridgehead atoms. The third kappa shape index (κ3) is 2.08. The predicted octanol–water partition coefficient (Wildman–Crippen LogP) is 3.19. The molecule has 0 amide bonds. The van der Waals surface area contributed by atoms with E-state index in [0.29, 0.717) is 6.20 Å². The first-order valence-electron chi connectivity index (χ1n) is 3.21. The zero-order chi connectivity index (χ0) is 10.9. The van der Waals surface area contributed by atoms with Gasteiger partial charge in [0.05, 0.1) is 4.92 Å². The van der Waals surface area contributed by atoms with E-state index in [9.17, 15) is 18.9 Å². The van der Waals surface area contributed by atoms with Gasteiger partial charge in [0.25, 0.3) is 12.1 Å². The molecule has 0 aliphatic heterocycles. The molecular formula is C6H2ClF2IN2O2. The monoisotopic (exact) mass is 334 g/mol. The Morgan fingerprint density at radius 2 is 2.21 bits per heavy atom. The van der Waals surface area contributed by atoms with E-state index < -0.39 is 22.6 Å². The molecule has 4 nitrogen and oxygen atoms in total. The lowest BCUT2D eigenvalue weighted by molar-refractivity contribution is -0.387. The Balaban J connectivity index is 3.45. The van der Waals surface area contributed by atoms with Crippen LogP contribution in [0, 0.1) is 13.7 Å². The van der Waals surface area contributed by atoms with E-state index in [0.717, 1.165) is 0 Å². The Hall–Kier alpha value is -0.570. The third-order valence-corrected chi connectivity index (χ3v) is 3.02. The van der Waals surface area contributed by atoms with Gasteiger partial charge in [-0.15, -0.1) is 0 Å². The molecule has 76 valence electrons. The average Bonchev–Trinajstić information content (AvgIpc) is 2.08. The average molecular weight is 334 g/mol. The first-order chi connectivity index (χ1) is 6.45. The summed E-state index contributed by atoms with van der Waals surface area (Å²) in [5.41, 5.74) is -1.40. The van der Waals surface area contributed by atoms with Crippen molar-refractivity contribution in [1.82, 2.24) is 4.98 Å². The van der Waals surface area contributed by atoms with Gasteiger partial charge < -0.3 is 0 Å². The Bertz CT molecular complexity index is 388. The molecule has 0 unspecified atom stereocenters. The first kappa shape index (κ1) is 11.5. The topological polar surface area (TPSA) is 56.0 Å². The van der Waals surface area contributed by atoms with Gasteiger partial charge in [0.15, 0.2) is 0 Å². The number of aromatic nitrogens is 1. The molecule has 0 aliphatic carbocycles. The van der Waals surface area contributed by atoms with Crippen molar-refractivity contribution in [2.45, 2.75) is 6.43 Å². The fourth-order valence-corrected chi connectivity index (χ4v) is 1.60. The van der Waals surface area contributed by atoms with Crippen molar-refractivity contribution < 1.29 is 13.7 Å². The van der Waals surface area contributed by atoms with Crippen LogP contribution >= 0.6 is 34.2 Å². The number of rotatable bonds is 2. The standard InChI is InChI=1S/C6H2ClF2IN2O2/c7-5-3(10)4(12(13)14)2(1-11-5)6(8)9/h1,6H. The molecule has 0 radical (unpaired) electrons. The second-order valence-electron chi connectivity index (χ2n) is 2.22. The number of halogens is 4. The van der Waals surface area contributed by atoms with Gasteiger partial charge in [-0.2, -0.15) is 0 Å². The lowest BCUT2D eigenvalue weighted by Gasteiger charge is -2.03. The van der Waals surface area contributed by atoms with Crippen LogP contribution in [0.1, 0.15) is 12.0 Å². The number of nitrogens with zero attached hydrogens (tertiary/aromatic N) is 2. The molecule has 14 heavy (non-hydrogen) atoms. The van der Waals surface area contributed by atoms with Gasteiger partial charge >= 0.3 is 0 Å². The van der Waals surface area contributed by atoms with Gasteiger partial charge in [-0.1, -0.05) is 11.6 Å². The summed E-state index contributed by atoms with van der Waals surface area (Å²) in [6.45, 7) is 0. The van der Waals surface area contributed by atoms with Crippen LogP contribution < -0.4 is 0 Å². The van der Waals surface area contributed by atoms with Crippen LogP contribution in [0.5, 0.6) is 0 Å². The number of nitro groups is 1. The Labute approximate surface area is 95.6 Å². The number of alkyl halides is 2. The Morgan fingerprint density at radius 3 is 2.64 bits per heavy atom. The molecule has 0 spiro atoms. The minimum atomic E-state index is -2.94. The summed E-state index contributed by atoms with van der Waals surface area (Å²) in [7, 11) is 0. The summed E-state index contributed by atoms with van der Waals surface area (Å²) in [5, 5.41) is 10.3. The van der Waals surface area contributed by atoms with Crippen LogP contribution in [0.3, 0.4) is 0 Å². The number of pyridine rings is 1. The SMILES string of the molecule is O=[N+]([O-])c1c(C(F)F)cnc(Cl)c1I. The van der Waals surface area contributed by atoms with Gasteiger partial charge in [0.1, 0.15) is 14.3 Å². The molecule has 0 aromatic carbocycles. The molecule has 0 atom stereocenters. The summed E-state index contributed by atoms with van der Waals surface area (Å²) in [6.07, 6.45) is -2.22. The number of hydrogen-bond acceptors (Lipinski definition) is 3. The van der Waals surface area contributed by atoms with Crippen molar-refractivity contribution in [1.29, 1.82) is 0 Å². The smallest absolute Gasteiger partial charge is 0.258 e. The highest BCUT2D eigenvalue weighted by atomic mass is 127. The molecule has 1 aromatic rings. The molecule has 8 heteroatoms. The molecule has 1 heterocycles. The largest absolute Gasteiger partial charge is 0.296 e. The van der Waals surface area contributed by atoms with Crippen molar-refractivity contribution in [3.8, 4) is 0 Å². The van der Waals surface area contributed by atoms with E-state index in [-0.39, 0.29) is 8.72 Å². The maximum absolute atomic E-state index is 12.3. The van der Waals surface area contributed by atoms with E-state index in [4.69, 9.17) is 11.6 Å². The van der Waals surface area contributed by atoms with Crippen LogP contribution in [0.2, 0.25) is 5.15 Å². The maximum atomic E-state index is 12.3. The zero-order valence-electron chi connectivity index (χ0n) is 6.38. The van der Waals surface area contributed by atoms with Crippen molar-refractivity contribution >= 4 is 39.9 Å². The third-order valence-electron chi connectivity index (χ3n) is 1.40. The van der Waals surface area contributed by atoms with Crippen LogP contribution in [0.4, 0.5) is 14.5 Å². The summed E-state index contributed by atoms with van der Waals surface area (Å²) >= 11 is 6.98. The fourth-order valence-electron chi connectivity index (χ4n) is 0.814. The molecule has 1 aromatic heterocycles. The molecule has 0 N–H and O–H groups in total. The van der Waals surface area contributed by atoms with Gasteiger partial charge in [-0.05, 0) is 22.6 Å². The second-order valence-corrected chi connectivity index (χ2v) is 3.66. The fraction of sp³-hybridized carbons (Fsp3) is 0.167. The lowest BCUT2D eigenvalue weighted by Crippen LogP contribution is -2.00. The summed E-state index contributed by atoms with van der Waals surface area (Å²) < 4.78 is 24.5. The quantitative estimate of drug-likeness (QED) is 0.361. The Morgan fingerprint density at radius 1 is 1.64 bits per heavy atom. The van der Waals surface area contributed by atoms with Gasteiger partial charge in [-0.25, -0.2) is 13.8 Å². The van der Waals surface area contributed by atoms with E-state index in [1.807, 2.05) is 0 Å². The molecule has 1 rings (SSSR count).